The van der Waals surface area contributed by atoms with Gasteiger partial charge in [-0.25, -0.2) is 0 Å². The summed E-state index contributed by atoms with van der Waals surface area (Å²) in [6.45, 7) is 2.02. The third-order valence-corrected chi connectivity index (χ3v) is 1.16. The Morgan fingerprint density at radius 2 is 1.55 bits per heavy atom. The molecule has 0 saturated heterocycles. The summed E-state index contributed by atoms with van der Waals surface area (Å²) in [7, 11) is 0. The smallest absolute Gasteiger partial charge is 0.0260 e. The molecule has 1 aromatic carbocycles. The van der Waals surface area contributed by atoms with Gasteiger partial charge in [0.25, 0.3) is 0 Å². The van der Waals surface area contributed by atoms with Crippen LogP contribution in [-0.4, -0.2) is 11.0 Å². The zero-order chi connectivity index (χ0) is 6.53. The van der Waals surface area contributed by atoms with Gasteiger partial charge in [0.2, 0.25) is 0 Å². The molecule has 0 saturated carbocycles. The van der Waals surface area contributed by atoms with Crippen molar-refractivity contribution in [3.63, 3.8) is 0 Å². The van der Waals surface area contributed by atoms with E-state index in [9.17, 15) is 0 Å². The van der Waals surface area contributed by atoms with Crippen LogP contribution in [-0.2, 0) is 0 Å². The molecule has 0 aliphatic heterocycles. The minimum absolute atomic E-state index is 0. The first kappa shape index (κ1) is 12.5. The largest absolute Gasteiger partial charge is 0.412 e. The highest BCUT2D eigenvalue weighted by Crippen LogP contribution is 1.99. The Kier molecular flexibility index (Phi) is 7.98. The molecule has 0 bridgehead atoms. The van der Waals surface area contributed by atoms with Gasteiger partial charge in [0.15, 0.2) is 0 Å². The first-order valence-electron chi connectivity index (χ1n) is 3.11. The predicted octanol–water partition coefficient (Wildman–Crippen LogP) is 1.07. The molecule has 0 amide bonds. The van der Waals surface area contributed by atoms with Crippen molar-refractivity contribution in [2.75, 3.05) is 0 Å². The standard InChI is InChI=1S/C9H10.2H2O/c1-2-6-9-7-4-3-5-8-9;;/h2-8H,1H3;2*1H2. The molecule has 11 heavy (non-hydrogen) atoms. The van der Waals surface area contributed by atoms with Gasteiger partial charge >= 0.3 is 0 Å². The maximum atomic E-state index is 2.08. The summed E-state index contributed by atoms with van der Waals surface area (Å²) in [5.74, 6) is 0. The first-order chi connectivity index (χ1) is 4.43. The second-order valence-electron chi connectivity index (χ2n) is 1.91. The lowest BCUT2D eigenvalue weighted by Gasteiger charge is -1.86. The van der Waals surface area contributed by atoms with Crippen LogP contribution in [0.3, 0.4) is 0 Å². The van der Waals surface area contributed by atoms with Crippen LogP contribution < -0.4 is 0 Å². The molecule has 4 N–H and O–H groups in total. The number of allylic oxidation sites excluding steroid dienone is 1. The zero-order valence-electron chi connectivity index (χ0n) is 6.54. The monoisotopic (exact) mass is 154 g/mol. The molecular formula is C9H14O2. The average Bonchev–Trinajstić information content (AvgIpc) is 1.91. The summed E-state index contributed by atoms with van der Waals surface area (Å²) in [6, 6.07) is 10.3. The van der Waals surface area contributed by atoms with Crippen molar-refractivity contribution < 1.29 is 11.0 Å². The number of rotatable bonds is 1. The molecule has 2 heteroatoms. The number of hydrogen-bond donors (Lipinski definition) is 0. The van der Waals surface area contributed by atoms with E-state index in [1.165, 1.54) is 5.56 Å². The summed E-state index contributed by atoms with van der Waals surface area (Å²) < 4.78 is 0. The van der Waals surface area contributed by atoms with E-state index < -0.39 is 0 Å². The normalized spacial score (nSPS) is 8.45. The van der Waals surface area contributed by atoms with Crippen LogP contribution in [0.1, 0.15) is 12.5 Å². The highest BCUT2D eigenvalue weighted by molar-refractivity contribution is 5.47. The van der Waals surface area contributed by atoms with Crippen molar-refractivity contribution in [3.8, 4) is 0 Å². The van der Waals surface area contributed by atoms with Gasteiger partial charge in [-0.3, -0.25) is 0 Å². The first-order valence-corrected chi connectivity index (χ1v) is 3.11. The van der Waals surface area contributed by atoms with Crippen molar-refractivity contribution in [2.45, 2.75) is 6.92 Å². The van der Waals surface area contributed by atoms with E-state index in [-0.39, 0.29) is 11.0 Å². The predicted molar refractivity (Wildman–Crippen MR) is 48.4 cm³/mol. The van der Waals surface area contributed by atoms with Crippen LogP contribution >= 0.6 is 0 Å². The van der Waals surface area contributed by atoms with Gasteiger partial charge in [-0.2, -0.15) is 0 Å². The van der Waals surface area contributed by atoms with Crippen molar-refractivity contribution in [1.82, 2.24) is 0 Å². The van der Waals surface area contributed by atoms with Gasteiger partial charge in [0.05, 0.1) is 0 Å². The Morgan fingerprint density at radius 3 is 2.00 bits per heavy atom. The highest BCUT2D eigenvalue weighted by Gasteiger charge is 1.77. The number of benzene rings is 1. The van der Waals surface area contributed by atoms with E-state index >= 15 is 0 Å². The van der Waals surface area contributed by atoms with Crippen molar-refractivity contribution in [2.24, 2.45) is 0 Å². The summed E-state index contributed by atoms with van der Waals surface area (Å²) in [5.41, 5.74) is 1.26. The van der Waals surface area contributed by atoms with Gasteiger partial charge < -0.3 is 11.0 Å². The minimum Gasteiger partial charge on any atom is -0.412 e. The zero-order valence-corrected chi connectivity index (χ0v) is 6.54. The minimum atomic E-state index is 0. The molecule has 0 fully saturated rings. The van der Waals surface area contributed by atoms with Gasteiger partial charge in [-0.15, -0.1) is 0 Å². The van der Waals surface area contributed by atoms with Gasteiger partial charge in [-0.1, -0.05) is 42.5 Å². The average molecular weight is 154 g/mol. The van der Waals surface area contributed by atoms with E-state index in [0.29, 0.717) is 0 Å². The lowest BCUT2D eigenvalue weighted by molar-refractivity contribution is 0.823. The molecule has 0 spiro atoms. The van der Waals surface area contributed by atoms with E-state index in [4.69, 9.17) is 0 Å². The molecular weight excluding hydrogens is 140 g/mol. The molecule has 0 heterocycles. The molecule has 0 atom stereocenters. The molecule has 1 rings (SSSR count). The second-order valence-corrected chi connectivity index (χ2v) is 1.91. The summed E-state index contributed by atoms with van der Waals surface area (Å²) in [4.78, 5) is 0. The van der Waals surface area contributed by atoms with Crippen LogP contribution in [0, 0.1) is 0 Å². The fourth-order valence-electron chi connectivity index (χ4n) is 0.757. The Labute approximate surface area is 66.8 Å². The Balaban J connectivity index is 0. The third-order valence-electron chi connectivity index (χ3n) is 1.16. The fourth-order valence-corrected chi connectivity index (χ4v) is 0.757. The Morgan fingerprint density at radius 1 is 1.00 bits per heavy atom. The molecule has 2 nitrogen and oxygen atoms in total. The van der Waals surface area contributed by atoms with Crippen LogP contribution in [0.4, 0.5) is 0 Å². The molecule has 0 aliphatic carbocycles. The maximum Gasteiger partial charge on any atom is -0.0260 e. The summed E-state index contributed by atoms with van der Waals surface area (Å²) in [6.07, 6.45) is 4.12. The topological polar surface area (TPSA) is 63.0 Å². The molecule has 0 radical (unpaired) electrons. The van der Waals surface area contributed by atoms with E-state index in [1.54, 1.807) is 0 Å². The van der Waals surface area contributed by atoms with Crippen LogP contribution in [0.5, 0.6) is 0 Å². The van der Waals surface area contributed by atoms with E-state index in [2.05, 4.69) is 18.2 Å². The van der Waals surface area contributed by atoms with Crippen molar-refractivity contribution in [1.29, 1.82) is 0 Å². The van der Waals surface area contributed by atoms with Gasteiger partial charge in [0.1, 0.15) is 0 Å². The molecule has 0 aromatic heterocycles. The molecule has 1 aromatic rings. The third kappa shape index (κ3) is 4.31. The lowest BCUT2D eigenvalue weighted by atomic mass is 10.2. The Bertz CT molecular complexity index is 192. The fraction of sp³-hybridized carbons (Fsp3) is 0.111. The SMILES string of the molecule is CC=Cc1ccccc1.O.O. The van der Waals surface area contributed by atoms with Crippen molar-refractivity contribution in [3.05, 3.63) is 42.0 Å². The quantitative estimate of drug-likeness (QED) is 0.581. The summed E-state index contributed by atoms with van der Waals surface area (Å²) >= 11 is 0. The van der Waals surface area contributed by atoms with Crippen LogP contribution in [0.25, 0.3) is 6.08 Å². The molecule has 62 valence electrons. The van der Waals surface area contributed by atoms with Crippen molar-refractivity contribution >= 4 is 6.08 Å². The molecule has 0 unspecified atom stereocenters. The lowest BCUT2D eigenvalue weighted by Crippen LogP contribution is -1.65. The Hall–Kier alpha value is -1.12. The summed E-state index contributed by atoms with van der Waals surface area (Å²) in [5, 5.41) is 0. The van der Waals surface area contributed by atoms with Crippen LogP contribution in [0.15, 0.2) is 36.4 Å². The van der Waals surface area contributed by atoms with Gasteiger partial charge in [0, 0.05) is 0 Å². The second kappa shape index (κ2) is 6.99. The highest BCUT2D eigenvalue weighted by atomic mass is 16.0. The molecule has 0 aliphatic rings. The van der Waals surface area contributed by atoms with Crippen LogP contribution in [0.2, 0.25) is 0 Å². The van der Waals surface area contributed by atoms with E-state index in [1.807, 2.05) is 31.2 Å². The number of hydrogen-bond acceptors (Lipinski definition) is 0. The van der Waals surface area contributed by atoms with E-state index in [0.717, 1.165) is 0 Å². The van der Waals surface area contributed by atoms with Gasteiger partial charge in [-0.05, 0) is 12.5 Å². The maximum absolute atomic E-state index is 2.08.